The zero-order valence-corrected chi connectivity index (χ0v) is 18.2. The Hall–Kier alpha value is -4.07. The Labute approximate surface area is 187 Å². The number of carbonyl (C=O) groups is 2. The van der Waals surface area contributed by atoms with Crippen LogP contribution in [-0.4, -0.2) is 63.7 Å². The molecule has 0 aliphatic carbocycles. The number of ether oxygens (including phenoxy) is 1. The molecular weight excluding hydrogens is 459 g/mol. The summed E-state index contributed by atoms with van der Waals surface area (Å²) in [6, 6.07) is 9.16. The molecule has 0 bridgehead atoms. The molecule has 33 heavy (non-hydrogen) atoms. The van der Waals surface area contributed by atoms with E-state index in [4.69, 9.17) is 10.5 Å². The third kappa shape index (κ3) is 4.90. The van der Waals surface area contributed by atoms with Crippen LogP contribution in [0.5, 0.6) is 5.75 Å². The average molecular weight is 478 g/mol. The minimum atomic E-state index is -4.67. The zero-order valence-electron chi connectivity index (χ0n) is 17.4. The quantitative estimate of drug-likeness (QED) is 0.483. The van der Waals surface area contributed by atoms with Gasteiger partial charge in [-0.15, -0.1) is 10.2 Å². The lowest BCUT2D eigenvalue weighted by molar-refractivity contribution is -0.118. The van der Waals surface area contributed by atoms with Crippen LogP contribution in [0.2, 0.25) is 0 Å². The summed E-state index contributed by atoms with van der Waals surface area (Å²) in [6.07, 6.45) is -1.88. The van der Waals surface area contributed by atoms with Crippen molar-refractivity contribution in [3.05, 3.63) is 53.8 Å². The van der Waals surface area contributed by atoms with Gasteiger partial charge in [-0.25, -0.2) is 17.6 Å². The molecule has 14 heteroatoms. The SMILES string of the molecule is COc1cc(-c2nnn(C(C)c3ccc(F)cc3)n2)ccc1S(=O)(=O)N(CC(N)=O)C(=O)O. The lowest BCUT2D eigenvalue weighted by atomic mass is 10.1. The highest BCUT2D eigenvalue weighted by molar-refractivity contribution is 7.89. The Morgan fingerprint density at radius 2 is 1.91 bits per heavy atom. The number of rotatable bonds is 8. The predicted octanol–water partition coefficient (Wildman–Crippen LogP) is 1.25. The van der Waals surface area contributed by atoms with E-state index in [0.717, 1.165) is 11.6 Å². The standard InChI is InChI=1S/C19H19FN6O6S/c1-11(12-3-6-14(20)7-4-12)26-23-18(22-24-26)13-5-8-16(15(9-13)32-2)33(30,31)25(19(28)29)10-17(21)27/h3-9,11H,10H2,1-2H3,(H2,21,27)(H,28,29). The third-order valence-electron chi connectivity index (χ3n) is 4.63. The normalized spacial score (nSPS) is 12.2. The zero-order chi connectivity index (χ0) is 24.3. The Bertz CT molecular complexity index is 1290. The smallest absolute Gasteiger partial charge is 0.421 e. The number of carboxylic acid groups (broad SMARTS) is 1. The van der Waals surface area contributed by atoms with Gasteiger partial charge in [-0.05, 0) is 48.0 Å². The van der Waals surface area contributed by atoms with Gasteiger partial charge in [0.1, 0.15) is 23.0 Å². The molecule has 3 rings (SSSR count). The number of nitrogens with two attached hydrogens (primary N) is 1. The van der Waals surface area contributed by atoms with Gasteiger partial charge in [-0.3, -0.25) is 4.79 Å². The van der Waals surface area contributed by atoms with Gasteiger partial charge >= 0.3 is 6.09 Å². The molecule has 1 unspecified atom stereocenters. The summed E-state index contributed by atoms with van der Waals surface area (Å²) in [5.74, 6) is -1.59. The summed E-state index contributed by atoms with van der Waals surface area (Å²) in [6.45, 7) is 0.730. The first-order valence-corrected chi connectivity index (χ1v) is 10.8. The van der Waals surface area contributed by atoms with Gasteiger partial charge in [0, 0.05) is 5.56 Å². The molecule has 0 saturated carbocycles. The molecule has 0 saturated heterocycles. The van der Waals surface area contributed by atoms with Crippen LogP contribution in [0, 0.1) is 5.82 Å². The van der Waals surface area contributed by atoms with Crippen LogP contribution in [0.25, 0.3) is 11.4 Å². The molecule has 0 aliphatic heterocycles. The first kappa shape index (κ1) is 23.6. The maximum Gasteiger partial charge on any atom is 0.421 e. The molecule has 1 aromatic heterocycles. The van der Waals surface area contributed by atoms with Crippen molar-refractivity contribution in [1.29, 1.82) is 0 Å². The third-order valence-corrected chi connectivity index (χ3v) is 6.39. The van der Waals surface area contributed by atoms with E-state index in [-0.39, 0.29) is 27.7 Å². The van der Waals surface area contributed by atoms with E-state index >= 15 is 0 Å². The topological polar surface area (TPSA) is 171 Å². The highest BCUT2D eigenvalue weighted by Crippen LogP contribution is 2.31. The molecule has 3 aromatic rings. The van der Waals surface area contributed by atoms with Crippen LogP contribution in [0.4, 0.5) is 9.18 Å². The number of primary amides is 1. The molecule has 2 aromatic carbocycles. The Morgan fingerprint density at radius 1 is 1.24 bits per heavy atom. The van der Waals surface area contributed by atoms with Crippen LogP contribution in [-0.2, 0) is 14.8 Å². The van der Waals surface area contributed by atoms with E-state index < -0.39 is 33.5 Å². The maximum atomic E-state index is 13.2. The Kier molecular flexibility index (Phi) is 6.57. The molecule has 1 heterocycles. The van der Waals surface area contributed by atoms with Crippen molar-refractivity contribution in [2.75, 3.05) is 13.7 Å². The fraction of sp³-hybridized carbons (Fsp3) is 0.211. The Morgan fingerprint density at radius 3 is 2.48 bits per heavy atom. The fourth-order valence-corrected chi connectivity index (χ4v) is 4.29. The first-order chi connectivity index (χ1) is 15.5. The molecule has 12 nitrogen and oxygen atoms in total. The van der Waals surface area contributed by atoms with Crippen LogP contribution in [0.3, 0.4) is 0 Å². The minimum Gasteiger partial charge on any atom is -0.495 e. The number of benzene rings is 2. The molecule has 0 fully saturated rings. The van der Waals surface area contributed by atoms with E-state index in [1.165, 1.54) is 36.2 Å². The number of aromatic nitrogens is 4. The van der Waals surface area contributed by atoms with Crippen molar-refractivity contribution in [3.8, 4) is 17.1 Å². The van der Waals surface area contributed by atoms with Gasteiger partial charge in [0.2, 0.25) is 11.7 Å². The van der Waals surface area contributed by atoms with Crippen LogP contribution in [0.1, 0.15) is 18.5 Å². The number of sulfonamides is 1. The van der Waals surface area contributed by atoms with Gasteiger partial charge < -0.3 is 15.6 Å². The number of carbonyl (C=O) groups excluding carboxylic acids is 1. The largest absolute Gasteiger partial charge is 0.495 e. The molecule has 0 aliphatic rings. The summed E-state index contributed by atoms with van der Waals surface area (Å²) in [5, 5.41) is 21.4. The van der Waals surface area contributed by atoms with Gasteiger partial charge in [0.05, 0.1) is 13.2 Å². The molecule has 1 atom stereocenters. The minimum absolute atomic E-state index is 0.0776. The predicted molar refractivity (Wildman–Crippen MR) is 111 cm³/mol. The molecule has 174 valence electrons. The van der Waals surface area contributed by atoms with Crippen LogP contribution < -0.4 is 10.5 Å². The summed E-state index contributed by atoms with van der Waals surface area (Å²) in [7, 11) is -3.48. The van der Waals surface area contributed by atoms with Crippen molar-refractivity contribution in [3.63, 3.8) is 0 Å². The molecule has 3 N–H and O–H groups in total. The monoisotopic (exact) mass is 478 g/mol. The molecule has 2 amide bonds. The molecule has 0 spiro atoms. The lowest BCUT2D eigenvalue weighted by Gasteiger charge is -2.19. The fourth-order valence-electron chi connectivity index (χ4n) is 2.91. The van der Waals surface area contributed by atoms with E-state index in [0.29, 0.717) is 5.56 Å². The van der Waals surface area contributed by atoms with Crippen molar-refractivity contribution in [2.45, 2.75) is 17.9 Å². The van der Waals surface area contributed by atoms with Gasteiger partial charge in [-0.2, -0.15) is 9.10 Å². The average Bonchev–Trinajstić information content (AvgIpc) is 3.27. The van der Waals surface area contributed by atoms with Crippen LogP contribution in [0.15, 0.2) is 47.4 Å². The number of halogens is 1. The van der Waals surface area contributed by atoms with E-state index in [9.17, 15) is 27.5 Å². The number of hydrogen-bond donors (Lipinski definition) is 2. The lowest BCUT2D eigenvalue weighted by Crippen LogP contribution is -2.41. The second-order valence-corrected chi connectivity index (χ2v) is 8.62. The van der Waals surface area contributed by atoms with Crippen LogP contribution >= 0.6 is 0 Å². The summed E-state index contributed by atoms with van der Waals surface area (Å²) >= 11 is 0. The molecule has 0 radical (unpaired) electrons. The number of methoxy groups -OCH3 is 1. The van der Waals surface area contributed by atoms with Crippen molar-refractivity contribution in [2.24, 2.45) is 5.73 Å². The summed E-state index contributed by atoms with van der Waals surface area (Å²) in [4.78, 5) is 23.3. The van der Waals surface area contributed by atoms with Gasteiger partial charge in [0.25, 0.3) is 10.0 Å². The van der Waals surface area contributed by atoms with Crippen molar-refractivity contribution < 1.29 is 32.2 Å². The summed E-state index contributed by atoms with van der Waals surface area (Å²) in [5.41, 5.74) is 6.04. The van der Waals surface area contributed by atoms with Gasteiger partial charge in [-0.1, -0.05) is 12.1 Å². The van der Waals surface area contributed by atoms with E-state index in [2.05, 4.69) is 15.4 Å². The Balaban J connectivity index is 1.95. The van der Waals surface area contributed by atoms with E-state index in [1.807, 2.05) is 0 Å². The summed E-state index contributed by atoms with van der Waals surface area (Å²) < 4.78 is 43.8. The number of hydrogen-bond acceptors (Lipinski definition) is 8. The van der Waals surface area contributed by atoms with E-state index in [1.54, 1.807) is 19.1 Å². The highest BCUT2D eigenvalue weighted by Gasteiger charge is 2.33. The highest BCUT2D eigenvalue weighted by atomic mass is 32.2. The van der Waals surface area contributed by atoms with Gasteiger partial charge in [0.15, 0.2) is 0 Å². The second kappa shape index (κ2) is 9.20. The maximum absolute atomic E-state index is 13.2. The number of tetrazole rings is 1. The first-order valence-electron chi connectivity index (χ1n) is 9.32. The number of nitrogens with zero attached hydrogens (tertiary/aromatic N) is 5. The molecular formula is C19H19FN6O6S. The van der Waals surface area contributed by atoms with Crippen molar-refractivity contribution >= 4 is 22.0 Å². The van der Waals surface area contributed by atoms with Crippen molar-refractivity contribution in [1.82, 2.24) is 24.5 Å². The second-order valence-electron chi connectivity index (χ2n) is 6.79. The number of amides is 2.